The third-order valence-electron chi connectivity index (χ3n) is 3.64. The van der Waals surface area contributed by atoms with Crippen molar-refractivity contribution >= 4 is 22.6 Å². The van der Waals surface area contributed by atoms with E-state index in [0.717, 1.165) is 23.4 Å². The monoisotopic (exact) mass is 294 g/mol. The van der Waals surface area contributed by atoms with Gasteiger partial charge < -0.3 is 14.0 Å². The summed E-state index contributed by atoms with van der Waals surface area (Å²) in [5.41, 5.74) is 3.30. The molecule has 1 fully saturated rings. The molecular formula is C15H19ClN2O2. The van der Waals surface area contributed by atoms with E-state index in [1.54, 1.807) is 0 Å². The Balaban J connectivity index is 2.02. The molecule has 20 heavy (non-hydrogen) atoms. The van der Waals surface area contributed by atoms with Gasteiger partial charge in [0, 0.05) is 0 Å². The molecule has 5 heteroatoms. The molecule has 2 aromatic rings. The van der Waals surface area contributed by atoms with Gasteiger partial charge in [-0.2, -0.15) is 0 Å². The number of halogens is 1. The molecule has 4 nitrogen and oxygen atoms in total. The van der Waals surface area contributed by atoms with Crippen LogP contribution in [0.25, 0.3) is 11.0 Å². The Kier molecular flexibility index (Phi) is 3.96. The molecule has 0 amide bonds. The fourth-order valence-corrected chi connectivity index (χ4v) is 2.81. The van der Waals surface area contributed by atoms with E-state index >= 15 is 0 Å². The molecule has 1 saturated heterocycles. The van der Waals surface area contributed by atoms with Crippen molar-refractivity contribution in [1.29, 1.82) is 0 Å². The summed E-state index contributed by atoms with van der Waals surface area (Å²) < 4.78 is 13.4. The molecule has 0 bridgehead atoms. The number of fused-ring (bicyclic) bond motifs is 1. The standard InChI is InChI=1S/C15H19ClN2O2/c1-10-4-3-5-13-14(10)17-15(11(2)16)18(13)8-12-9-19-6-7-20-12/h3-5,11-12H,6-9H2,1-2H3. The van der Waals surface area contributed by atoms with Crippen molar-refractivity contribution in [3.8, 4) is 0 Å². The summed E-state index contributed by atoms with van der Waals surface area (Å²) in [4.78, 5) is 4.71. The van der Waals surface area contributed by atoms with Crippen molar-refractivity contribution < 1.29 is 9.47 Å². The Hall–Kier alpha value is -1.10. The molecule has 0 radical (unpaired) electrons. The maximum atomic E-state index is 6.29. The maximum Gasteiger partial charge on any atom is 0.127 e. The van der Waals surface area contributed by atoms with Crippen molar-refractivity contribution in [3.63, 3.8) is 0 Å². The number of aromatic nitrogens is 2. The molecule has 1 aromatic carbocycles. The van der Waals surface area contributed by atoms with Gasteiger partial charge in [0.1, 0.15) is 5.82 Å². The first-order chi connectivity index (χ1) is 9.66. The lowest BCUT2D eigenvalue weighted by Crippen LogP contribution is -2.32. The molecule has 0 aliphatic carbocycles. The molecule has 0 N–H and O–H groups in total. The van der Waals surface area contributed by atoms with Crippen LogP contribution in [-0.2, 0) is 16.0 Å². The molecule has 108 valence electrons. The van der Waals surface area contributed by atoms with Crippen LogP contribution in [-0.4, -0.2) is 35.5 Å². The van der Waals surface area contributed by atoms with E-state index in [1.165, 1.54) is 5.56 Å². The van der Waals surface area contributed by atoms with Crippen molar-refractivity contribution in [3.05, 3.63) is 29.6 Å². The van der Waals surface area contributed by atoms with Gasteiger partial charge in [0.15, 0.2) is 0 Å². The second-order valence-corrected chi connectivity index (χ2v) is 5.86. The Morgan fingerprint density at radius 1 is 1.45 bits per heavy atom. The number of ether oxygens (including phenoxy) is 2. The van der Waals surface area contributed by atoms with Gasteiger partial charge in [0.25, 0.3) is 0 Å². The van der Waals surface area contributed by atoms with Crippen LogP contribution in [0, 0.1) is 6.92 Å². The van der Waals surface area contributed by atoms with Crippen LogP contribution in [0.4, 0.5) is 0 Å². The van der Waals surface area contributed by atoms with Gasteiger partial charge in [-0.05, 0) is 25.5 Å². The molecule has 2 heterocycles. The minimum atomic E-state index is -0.133. The number of aryl methyl sites for hydroxylation is 1. The molecule has 0 spiro atoms. The number of hydrogen-bond donors (Lipinski definition) is 0. The molecule has 2 atom stereocenters. The van der Waals surface area contributed by atoms with Crippen LogP contribution in [0.15, 0.2) is 18.2 Å². The van der Waals surface area contributed by atoms with Gasteiger partial charge in [-0.25, -0.2) is 4.98 Å². The number of hydrogen-bond acceptors (Lipinski definition) is 3. The van der Waals surface area contributed by atoms with Crippen molar-refractivity contribution in [2.24, 2.45) is 0 Å². The van der Waals surface area contributed by atoms with Crippen molar-refractivity contribution in [2.45, 2.75) is 31.9 Å². The van der Waals surface area contributed by atoms with Gasteiger partial charge >= 0.3 is 0 Å². The maximum absolute atomic E-state index is 6.29. The Morgan fingerprint density at radius 2 is 2.30 bits per heavy atom. The fraction of sp³-hybridized carbons (Fsp3) is 0.533. The number of nitrogens with zero attached hydrogens (tertiary/aromatic N) is 2. The molecular weight excluding hydrogens is 276 g/mol. The highest BCUT2D eigenvalue weighted by molar-refractivity contribution is 6.20. The van der Waals surface area contributed by atoms with E-state index in [9.17, 15) is 0 Å². The normalized spacial score (nSPS) is 21.2. The highest BCUT2D eigenvalue weighted by Crippen LogP contribution is 2.27. The second kappa shape index (κ2) is 5.72. The number of imidazole rings is 1. The van der Waals surface area contributed by atoms with Crippen LogP contribution >= 0.6 is 11.6 Å². The lowest BCUT2D eigenvalue weighted by molar-refractivity contribution is -0.0934. The van der Waals surface area contributed by atoms with Gasteiger partial charge in [-0.1, -0.05) is 12.1 Å². The molecule has 1 aliphatic heterocycles. The van der Waals surface area contributed by atoms with Crippen LogP contribution in [0.3, 0.4) is 0 Å². The van der Waals surface area contributed by atoms with Gasteiger partial charge in [-0.3, -0.25) is 0 Å². The first-order valence-electron chi connectivity index (χ1n) is 6.96. The fourth-order valence-electron chi connectivity index (χ4n) is 2.65. The van der Waals surface area contributed by atoms with E-state index in [0.29, 0.717) is 19.8 Å². The minimum Gasteiger partial charge on any atom is -0.376 e. The first kappa shape index (κ1) is 13.9. The predicted octanol–water partition coefficient (Wildman–Crippen LogP) is 3.06. The van der Waals surface area contributed by atoms with Crippen molar-refractivity contribution in [2.75, 3.05) is 19.8 Å². The average molecular weight is 295 g/mol. The average Bonchev–Trinajstić information content (AvgIpc) is 2.81. The summed E-state index contributed by atoms with van der Waals surface area (Å²) in [5.74, 6) is 0.894. The van der Waals surface area contributed by atoms with E-state index in [-0.39, 0.29) is 11.5 Å². The zero-order valence-electron chi connectivity index (χ0n) is 11.8. The largest absolute Gasteiger partial charge is 0.376 e. The number of para-hydroxylation sites is 1. The summed E-state index contributed by atoms with van der Waals surface area (Å²) in [6.07, 6.45) is 0.0656. The van der Waals surface area contributed by atoms with Crippen LogP contribution < -0.4 is 0 Å². The van der Waals surface area contributed by atoms with Gasteiger partial charge in [-0.15, -0.1) is 11.6 Å². The van der Waals surface area contributed by atoms with E-state index in [4.69, 9.17) is 26.1 Å². The Labute approximate surface area is 123 Å². The summed E-state index contributed by atoms with van der Waals surface area (Å²) in [5, 5.41) is -0.133. The van der Waals surface area contributed by atoms with Crippen molar-refractivity contribution in [1.82, 2.24) is 9.55 Å². The molecule has 1 aliphatic rings. The third-order valence-corrected chi connectivity index (χ3v) is 3.83. The lowest BCUT2D eigenvalue weighted by atomic mass is 10.2. The van der Waals surface area contributed by atoms with E-state index in [2.05, 4.69) is 29.7 Å². The predicted molar refractivity (Wildman–Crippen MR) is 79.3 cm³/mol. The second-order valence-electron chi connectivity index (χ2n) is 5.21. The van der Waals surface area contributed by atoms with Gasteiger partial charge in [0.2, 0.25) is 0 Å². The van der Waals surface area contributed by atoms with E-state index in [1.807, 2.05) is 6.92 Å². The van der Waals surface area contributed by atoms with E-state index < -0.39 is 0 Å². The summed E-state index contributed by atoms with van der Waals surface area (Å²) in [6, 6.07) is 6.21. The van der Waals surface area contributed by atoms with Crippen LogP contribution in [0.1, 0.15) is 23.7 Å². The summed E-state index contributed by atoms with van der Waals surface area (Å²) >= 11 is 6.29. The topological polar surface area (TPSA) is 36.3 Å². The zero-order valence-corrected chi connectivity index (χ0v) is 12.6. The number of benzene rings is 1. The third kappa shape index (κ3) is 2.55. The summed E-state index contributed by atoms with van der Waals surface area (Å²) in [6.45, 7) is 6.71. The Morgan fingerprint density at radius 3 is 3.00 bits per heavy atom. The molecule has 2 unspecified atom stereocenters. The SMILES string of the molecule is Cc1cccc2c1nc(C(C)Cl)n2CC1COCCO1. The highest BCUT2D eigenvalue weighted by atomic mass is 35.5. The number of rotatable bonds is 3. The van der Waals surface area contributed by atoms with Crippen LogP contribution in [0.2, 0.25) is 0 Å². The zero-order chi connectivity index (χ0) is 14.1. The Bertz CT molecular complexity index is 603. The summed E-state index contributed by atoms with van der Waals surface area (Å²) in [7, 11) is 0. The van der Waals surface area contributed by atoms with Gasteiger partial charge in [0.05, 0.1) is 48.9 Å². The molecule has 1 aromatic heterocycles. The molecule has 0 saturated carbocycles. The quantitative estimate of drug-likeness (QED) is 0.816. The first-order valence-corrected chi connectivity index (χ1v) is 7.39. The smallest absolute Gasteiger partial charge is 0.127 e. The molecule has 3 rings (SSSR count). The van der Waals surface area contributed by atoms with Crippen LogP contribution in [0.5, 0.6) is 0 Å². The highest BCUT2D eigenvalue weighted by Gasteiger charge is 2.21. The minimum absolute atomic E-state index is 0.0656. The lowest BCUT2D eigenvalue weighted by Gasteiger charge is -2.24. The number of alkyl halides is 1.